The first-order valence-corrected chi connectivity index (χ1v) is 29.4. The number of fused-ring (bicyclic) bond motifs is 2. The minimum Gasteiger partial charge on any atom is -0.378 e. The Hall–Kier alpha value is -5.21. The summed E-state index contributed by atoms with van der Waals surface area (Å²) in [6.07, 6.45) is 3.85. The highest BCUT2D eigenvalue weighted by Gasteiger charge is 2.29. The lowest BCUT2D eigenvalue weighted by atomic mass is 9.84. The quantitative estimate of drug-likeness (QED) is 0.0284. The van der Waals surface area contributed by atoms with Gasteiger partial charge in [0, 0.05) is 95.4 Å². The highest BCUT2D eigenvalue weighted by molar-refractivity contribution is 6.35. The van der Waals surface area contributed by atoms with E-state index in [9.17, 15) is 9.59 Å². The number of carbonyl (C=O) groups excluding carboxylic acids is 2. The number of benzene rings is 4. The van der Waals surface area contributed by atoms with E-state index >= 15 is 0 Å². The van der Waals surface area contributed by atoms with E-state index in [1.165, 1.54) is 11.1 Å². The molecule has 0 saturated carbocycles. The van der Waals surface area contributed by atoms with E-state index < -0.39 is 0 Å². The van der Waals surface area contributed by atoms with Crippen LogP contribution in [-0.4, -0.2) is 198 Å². The molecular formula is C58H75Cl5N12O9. The zero-order valence-corrected chi connectivity index (χ0v) is 51.2. The van der Waals surface area contributed by atoms with Crippen LogP contribution in [0.5, 0.6) is 0 Å². The Labute approximate surface area is 516 Å². The fourth-order valence-electron chi connectivity index (χ4n) is 9.74. The summed E-state index contributed by atoms with van der Waals surface area (Å²) in [5.41, 5.74) is 10.4. The highest BCUT2D eigenvalue weighted by Crippen LogP contribution is 2.41. The monoisotopic (exact) mass is 1260 g/mol. The van der Waals surface area contributed by atoms with Crippen LogP contribution in [0.3, 0.4) is 0 Å². The zero-order chi connectivity index (χ0) is 58.2. The van der Waals surface area contributed by atoms with Crippen LogP contribution >= 0.6 is 58.8 Å². The summed E-state index contributed by atoms with van der Waals surface area (Å²) in [4.78, 5) is 28.7. The molecule has 26 heteroatoms. The smallest absolute Gasteiger partial charge is 0.314 e. The molecule has 2 atom stereocenters. The third-order valence-corrected chi connectivity index (χ3v) is 14.9. The predicted molar refractivity (Wildman–Crippen MR) is 326 cm³/mol. The Morgan fingerprint density at radius 1 is 0.488 bits per heavy atom. The van der Waals surface area contributed by atoms with Crippen LogP contribution in [-0.2, 0) is 59.3 Å². The fraction of sp³-hybridized carbons (Fsp3) is 0.483. The standard InChI is InChI=1S/C58H74Cl4N12O9.ClH/c1-71-35-49(47-31-45(59)33-53(61)51(47)37-71)41-5-3-7-43(29-41)55-39-73(69-67-55)13-19-80-23-27-82-25-21-78-17-11-65-57(75)63-9-15-77-16-10-64-58(76)66-12-18-79-22-26-83-28-24-81-20-14-74-40-56(68-70-74)44-8-4-6-42(30-44)50-36-72(2)38-52-48(50)32-46(60)34-54(52)62;/h3-8,29-34,39-40,49-50H,9-28,35-38H2,1-2H3,(H2,63,65,75)(H2,64,66,76);1H/t49-,50-;/m0./s1. The highest BCUT2D eigenvalue weighted by atomic mass is 35.5. The van der Waals surface area contributed by atoms with E-state index in [1.54, 1.807) is 9.36 Å². The molecule has 8 rings (SSSR count). The van der Waals surface area contributed by atoms with E-state index in [0.29, 0.717) is 152 Å². The Balaban J connectivity index is 0.0000101. The molecule has 6 aromatic rings. The summed E-state index contributed by atoms with van der Waals surface area (Å²) in [7, 11) is 4.20. The van der Waals surface area contributed by atoms with Crippen molar-refractivity contribution in [2.45, 2.75) is 38.0 Å². The molecule has 0 saturated heterocycles. The largest absolute Gasteiger partial charge is 0.378 e. The van der Waals surface area contributed by atoms with Gasteiger partial charge in [-0.2, -0.15) is 0 Å². The normalized spacial score (nSPS) is 15.1. The van der Waals surface area contributed by atoms with Crippen LogP contribution in [0, 0.1) is 0 Å². The number of rotatable bonds is 34. The molecule has 0 fully saturated rings. The van der Waals surface area contributed by atoms with Gasteiger partial charge < -0.3 is 64.2 Å². The third kappa shape index (κ3) is 21.0. The predicted octanol–water partition coefficient (Wildman–Crippen LogP) is 7.81. The van der Waals surface area contributed by atoms with E-state index in [-0.39, 0.29) is 36.3 Å². The summed E-state index contributed by atoms with van der Waals surface area (Å²) < 4.78 is 42.8. The maximum Gasteiger partial charge on any atom is 0.314 e. The zero-order valence-electron chi connectivity index (χ0n) is 47.4. The van der Waals surface area contributed by atoms with Crippen LogP contribution in [0.4, 0.5) is 9.59 Å². The van der Waals surface area contributed by atoms with Crippen LogP contribution in [0.15, 0.2) is 85.2 Å². The van der Waals surface area contributed by atoms with Crippen LogP contribution in [0.25, 0.3) is 22.5 Å². The maximum atomic E-state index is 12.1. The number of amides is 4. The number of aromatic nitrogens is 6. The summed E-state index contributed by atoms with van der Waals surface area (Å²) in [6.45, 7) is 11.2. The molecule has 4 heterocycles. The molecule has 2 aliphatic rings. The number of nitrogens with one attached hydrogen (secondary N) is 4. The number of hydrogen-bond donors (Lipinski definition) is 4. The van der Waals surface area contributed by atoms with Crippen LogP contribution in [0.1, 0.15) is 45.2 Å². The van der Waals surface area contributed by atoms with Gasteiger partial charge in [-0.1, -0.05) is 93.2 Å². The lowest BCUT2D eigenvalue weighted by Gasteiger charge is -2.33. The molecule has 4 N–H and O–H groups in total. The average molecular weight is 1260 g/mol. The van der Waals surface area contributed by atoms with Gasteiger partial charge in [-0.25, -0.2) is 19.0 Å². The molecule has 21 nitrogen and oxygen atoms in total. The second-order valence-electron chi connectivity index (χ2n) is 20.0. The Morgan fingerprint density at radius 3 is 1.21 bits per heavy atom. The fourth-order valence-corrected chi connectivity index (χ4v) is 10.9. The van der Waals surface area contributed by atoms with E-state index in [4.69, 9.17) is 79.6 Å². The molecule has 0 unspecified atom stereocenters. The van der Waals surface area contributed by atoms with E-state index in [1.807, 2.05) is 60.9 Å². The Kier molecular flexibility index (Phi) is 28.0. The van der Waals surface area contributed by atoms with Crippen molar-refractivity contribution in [3.8, 4) is 22.5 Å². The maximum absolute atomic E-state index is 12.1. The van der Waals surface area contributed by atoms with Crippen LogP contribution < -0.4 is 21.3 Å². The molecular weight excluding hydrogens is 1190 g/mol. The Bertz CT molecular complexity index is 2800. The Morgan fingerprint density at radius 2 is 0.833 bits per heavy atom. The van der Waals surface area contributed by atoms with Gasteiger partial charge in [0.05, 0.1) is 118 Å². The molecule has 4 aromatic carbocycles. The van der Waals surface area contributed by atoms with Crippen molar-refractivity contribution in [1.82, 2.24) is 61.1 Å². The first kappa shape index (κ1) is 66.3. The number of halogens is 5. The van der Waals surface area contributed by atoms with Gasteiger partial charge in [-0.15, -0.1) is 22.6 Å². The average Bonchev–Trinajstić information content (AvgIpc) is 3.36. The molecule has 0 bridgehead atoms. The summed E-state index contributed by atoms with van der Waals surface area (Å²) in [5.74, 6) is 0.264. The number of likely N-dealkylation sites (N-methyl/N-ethyl adjacent to an activating group) is 2. The van der Waals surface area contributed by atoms with Crippen LogP contribution in [0.2, 0.25) is 20.1 Å². The van der Waals surface area contributed by atoms with Gasteiger partial charge in [-0.3, -0.25) is 0 Å². The number of ether oxygens (including phenoxy) is 7. The number of urea groups is 2. The molecule has 2 aliphatic heterocycles. The lowest BCUT2D eigenvalue weighted by Crippen LogP contribution is -2.40. The van der Waals surface area contributed by atoms with Crippen molar-refractivity contribution in [2.75, 3.05) is 146 Å². The molecule has 0 aliphatic carbocycles. The number of nitrogens with zero attached hydrogens (tertiary/aromatic N) is 8. The minimum atomic E-state index is -0.327. The van der Waals surface area contributed by atoms with Crippen molar-refractivity contribution in [3.63, 3.8) is 0 Å². The molecule has 4 amide bonds. The molecule has 456 valence electrons. The molecule has 0 spiro atoms. The summed E-state index contributed by atoms with van der Waals surface area (Å²) >= 11 is 26.0. The van der Waals surface area contributed by atoms with Gasteiger partial charge in [0.1, 0.15) is 11.4 Å². The van der Waals surface area contributed by atoms with Crippen molar-refractivity contribution < 1.29 is 42.7 Å². The van der Waals surface area contributed by atoms with Gasteiger partial charge >= 0.3 is 12.1 Å². The molecule has 0 radical (unpaired) electrons. The second-order valence-corrected chi connectivity index (χ2v) is 21.7. The number of carbonyl (C=O) groups is 2. The first-order chi connectivity index (χ1) is 40.5. The second kappa shape index (κ2) is 35.4. The van der Waals surface area contributed by atoms with Crippen molar-refractivity contribution >= 4 is 70.9 Å². The number of hydrogen-bond acceptors (Lipinski definition) is 15. The summed E-state index contributed by atoms with van der Waals surface area (Å²) in [6, 6.07) is 23.8. The van der Waals surface area contributed by atoms with Crippen molar-refractivity contribution in [2.24, 2.45) is 0 Å². The topological polar surface area (TPSA) is 215 Å². The molecule has 2 aromatic heterocycles. The van der Waals surface area contributed by atoms with Gasteiger partial charge in [-0.05, 0) is 83.9 Å². The van der Waals surface area contributed by atoms with Gasteiger partial charge in [0.25, 0.3) is 0 Å². The van der Waals surface area contributed by atoms with Crippen molar-refractivity contribution in [1.29, 1.82) is 0 Å². The molecule has 84 heavy (non-hydrogen) atoms. The lowest BCUT2D eigenvalue weighted by molar-refractivity contribution is 0.0135. The first-order valence-electron chi connectivity index (χ1n) is 27.9. The van der Waals surface area contributed by atoms with Crippen molar-refractivity contribution in [3.05, 3.63) is 139 Å². The summed E-state index contributed by atoms with van der Waals surface area (Å²) in [5, 5.41) is 31.0. The SMILES string of the molecule is CN1Cc2c(Cl)cc(Cl)cc2[C@H](c2cccc(-c3cn(CCOCCOCCOCCNC(=O)NCCOCCNC(=O)NCCOCCOCCOCCn4cc(-c5cccc([C@@H]6CN(C)Cc7c(Cl)cc(Cl)cc76)c5)nn4)nn3)c2)C1.Cl. The third-order valence-electron chi connectivity index (χ3n) is 13.8. The van der Waals surface area contributed by atoms with E-state index in [0.717, 1.165) is 70.9 Å². The van der Waals surface area contributed by atoms with E-state index in [2.05, 4.69) is 90.1 Å². The minimum absolute atomic E-state index is 0. The van der Waals surface area contributed by atoms with Gasteiger partial charge in [0.2, 0.25) is 0 Å². The van der Waals surface area contributed by atoms with Gasteiger partial charge in [0.15, 0.2) is 0 Å².